The van der Waals surface area contributed by atoms with Gasteiger partial charge in [0.15, 0.2) is 0 Å². The fourth-order valence-electron chi connectivity index (χ4n) is 2.90. The predicted octanol–water partition coefficient (Wildman–Crippen LogP) is 5.11. The molecule has 1 aliphatic rings. The number of aryl methyl sites for hydroxylation is 2. The smallest absolute Gasteiger partial charge is 0.0111 e. The minimum atomic E-state index is 1.24. The second-order valence-electron chi connectivity index (χ2n) is 5.43. The second kappa shape index (κ2) is 4.64. The van der Waals surface area contributed by atoms with Crippen molar-refractivity contribution < 1.29 is 0 Å². The molecule has 0 saturated carbocycles. The quantitative estimate of drug-likeness (QED) is 0.559. The van der Waals surface area contributed by atoms with Crippen molar-refractivity contribution in [1.82, 2.24) is 0 Å². The summed E-state index contributed by atoms with van der Waals surface area (Å²) in [7, 11) is 0. The molecule has 3 aromatic carbocycles. The fourth-order valence-corrected chi connectivity index (χ4v) is 2.90. The van der Waals surface area contributed by atoms with E-state index in [2.05, 4.69) is 72.8 Å². The molecule has 0 aromatic heterocycles. The van der Waals surface area contributed by atoms with E-state index in [0.717, 1.165) is 0 Å². The molecule has 1 aliphatic carbocycles. The van der Waals surface area contributed by atoms with Gasteiger partial charge < -0.3 is 0 Å². The lowest BCUT2D eigenvalue weighted by atomic mass is 9.87. The van der Waals surface area contributed by atoms with Crippen molar-refractivity contribution in [1.29, 1.82) is 0 Å². The number of rotatable bonds is 2. The van der Waals surface area contributed by atoms with Gasteiger partial charge in [0, 0.05) is 0 Å². The summed E-state index contributed by atoms with van der Waals surface area (Å²) in [5.74, 6) is 0. The standard InChI is InChI=1S/C20H16/c1-2-7-20-17(4-1)5-3-6-18(20)11-9-15-8-10-16-12-13-19(16)14-15/h1-11,14H,12-13H2. The number of fused-ring (bicyclic) bond motifs is 2. The van der Waals surface area contributed by atoms with E-state index in [9.17, 15) is 0 Å². The summed E-state index contributed by atoms with van der Waals surface area (Å²) >= 11 is 0. The average Bonchev–Trinajstić information content (AvgIpc) is 2.47. The van der Waals surface area contributed by atoms with Crippen LogP contribution in [0.2, 0.25) is 0 Å². The van der Waals surface area contributed by atoms with Crippen LogP contribution in [0.4, 0.5) is 0 Å². The van der Waals surface area contributed by atoms with Gasteiger partial charge in [-0.25, -0.2) is 0 Å². The van der Waals surface area contributed by atoms with Crippen LogP contribution in [-0.2, 0) is 12.8 Å². The molecule has 0 bridgehead atoms. The summed E-state index contributed by atoms with van der Waals surface area (Å²) in [5.41, 5.74) is 5.62. The largest absolute Gasteiger partial charge is 0.0616 e. The van der Waals surface area contributed by atoms with Crippen LogP contribution < -0.4 is 0 Å². The topological polar surface area (TPSA) is 0 Å². The lowest BCUT2D eigenvalue weighted by Crippen LogP contribution is -2.07. The van der Waals surface area contributed by atoms with Crippen molar-refractivity contribution in [3.63, 3.8) is 0 Å². The fraction of sp³-hybridized carbons (Fsp3) is 0.100. The van der Waals surface area contributed by atoms with Gasteiger partial charge in [-0.2, -0.15) is 0 Å². The zero-order valence-corrected chi connectivity index (χ0v) is 11.3. The third-order valence-corrected chi connectivity index (χ3v) is 4.17. The maximum Gasteiger partial charge on any atom is -0.0111 e. The summed E-state index contributed by atoms with van der Waals surface area (Å²) in [4.78, 5) is 0. The van der Waals surface area contributed by atoms with Crippen LogP contribution in [0.25, 0.3) is 22.9 Å². The van der Waals surface area contributed by atoms with Crippen LogP contribution >= 0.6 is 0 Å². The first-order valence-corrected chi connectivity index (χ1v) is 7.18. The van der Waals surface area contributed by atoms with Gasteiger partial charge in [0.2, 0.25) is 0 Å². The van der Waals surface area contributed by atoms with Gasteiger partial charge in [0.25, 0.3) is 0 Å². The van der Waals surface area contributed by atoms with Crippen molar-refractivity contribution in [2.75, 3.05) is 0 Å². The number of benzene rings is 3. The van der Waals surface area contributed by atoms with Crippen LogP contribution in [0, 0.1) is 0 Å². The van der Waals surface area contributed by atoms with E-state index in [0.29, 0.717) is 0 Å². The summed E-state index contributed by atoms with van der Waals surface area (Å²) in [6.07, 6.45) is 6.94. The van der Waals surface area contributed by atoms with Crippen molar-refractivity contribution in [3.8, 4) is 0 Å². The van der Waals surface area contributed by atoms with Crippen LogP contribution in [0.5, 0.6) is 0 Å². The molecule has 0 unspecified atom stereocenters. The summed E-state index contributed by atoms with van der Waals surface area (Å²) in [5, 5.41) is 2.61. The Morgan fingerprint density at radius 1 is 0.700 bits per heavy atom. The molecule has 4 rings (SSSR count). The van der Waals surface area contributed by atoms with Crippen molar-refractivity contribution in [2.24, 2.45) is 0 Å². The van der Waals surface area contributed by atoms with Crippen molar-refractivity contribution in [3.05, 3.63) is 82.9 Å². The van der Waals surface area contributed by atoms with E-state index in [1.165, 1.54) is 45.9 Å². The maximum absolute atomic E-state index is 2.32. The SMILES string of the molecule is C(=Cc1cccc2ccccc12)c1ccc2c(c1)CC2. The second-order valence-corrected chi connectivity index (χ2v) is 5.43. The lowest BCUT2D eigenvalue weighted by Gasteiger charge is -2.18. The van der Waals surface area contributed by atoms with Gasteiger partial charge in [-0.3, -0.25) is 0 Å². The predicted molar refractivity (Wildman–Crippen MR) is 86.7 cm³/mol. The van der Waals surface area contributed by atoms with Gasteiger partial charge in [-0.15, -0.1) is 0 Å². The molecule has 0 nitrogen and oxygen atoms in total. The maximum atomic E-state index is 2.32. The molecular weight excluding hydrogens is 240 g/mol. The summed E-state index contributed by atoms with van der Waals surface area (Å²) in [6, 6.07) is 21.8. The monoisotopic (exact) mass is 256 g/mol. The highest BCUT2D eigenvalue weighted by Gasteiger charge is 2.11. The van der Waals surface area contributed by atoms with E-state index in [1.807, 2.05) is 0 Å². The Labute approximate surface area is 119 Å². The Bertz CT molecular complexity index is 804. The van der Waals surface area contributed by atoms with Gasteiger partial charge in [0.1, 0.15) is 0 Å². The molecule has 0 saturated heterocycles. The highest BCUT2D eigenvalue weighted by atomic mass is 14.2. The molecule has 0 fully saturated rings. The zero-order valence-electron chi connectivity index (χ0n) is 11.3. The molecule has 96 valence electrons. The Kier molecular flexibility index (Phi) is 2.67. The van der Waals surface area contributed by atoms with Gasteiger partial charge >= 0.3 is 0 Å². The van der Waals surface area contributed by atoms with Crippen molar-refractivity contribution in [2.45, 2.75) is 12.8 Å². The molecule has 0 radical (unpaired) electrons. The molecule has 3 aromatic rings. The third-order valence-electron chi connectivity index (χ3n) is 4.17. The first-order valence-electron chi connectivity index (χ1n) is 7.18. The van der Waals surface area contributed by atoms with Crippen LogP contribution in [0.15, 0.2) is 60.7 Å². The van der Waals surface area contributed by atoms with E-state index < -0.39 is 0 Å². The molecule has 0 aliphatic heterocycles. The van der Waals surface area contributed by atoms with Crippen LogP contribution in [0.3, 0.4) is 0 Å². The first-order chi connectivity index (χ1) is 9.90. The normalized spacial score (nSPS) is 13.4. The molecule has 0 heterocycles. The summed E-state index contributed by atoms with van der Waals surface area (Å²) < 4.78 is 0. The molecule has 0 amide bonds. The third kappa shape index (κ3) is 1.94. The average molecular weight is 256 g/mol. The van der Waals surface area contributed by atoms with E-state index in [4.69, 9.17) is 0 Å². The van der Waals surface area contributed by atoms with Crippen LogP contribution in [0.1, 0.15) is 22.3 Å². The minimum Gasteiger partial charge on any atom is -0.0616 e. The molecule has 0 spiro atoms. The number of hydrogen-bond donors (Lipinski definition) is 0. The van der Waals surface area contributed by atoms with Gasteiger partial charge in [0.05, 0.1) is 0 Å². The lowest BCUT2D eigenvalue weighted by molar-refractivity contribution is 0.839. The number of hydrogen-bond acceptors (Lipinski definition) is 0. The van der Waals surface area contributed by atoms with Crippen LogP contribution in [-0.4, -0.2) is 0 Å². The Morgan fingerprint density at radius 2 is 1.55 bits per heavy atom. The molecule has 20 heavy (non-hydrogen) atoms. The molecule has 0 N–H and O–H groups in total. The van der Waals surface area contributed by atoms with E-state index in [-0.39, 0.29) is 0 Å². The van der Waals surface area contributed by atoms with Gasteiger partial charge in [-0.05, 0) is 45.9 Å². The van der Waals surface area contributed by atoms with Gasteiger partial charge in [-0.1, -0.05) is 72.8 Å². The Morgan fingerprint density at radius 3 is 2.40 bits per heavy atom. The highest BCUT2D eigenvalue weighted by Crippen LogP contribution is 2.25. The minimum absolute atomic E-state index is 1.24. The Balaban J connectivity index is 1.73. The first kappa shape index (κ1) is 11.5. The Hall–Kier alpha value is -2.34. The molecule has 0 heteroatoms. The highest BCUT2D eigenvalue weighted by molar-refractivity contribution is 5.92. The van der Waals surface area contributed by atoms with Crippen molar-refractivity contribution >= 4 is 22.9 Å². The van der Waals surface area contributed by atoms with E-state index >= 15 is 0 Å². The molecule has 0 atom stereocenters. The van der Waals surface area contributed by atoms with E-state index in [1.54, 1.807) is 0 Å². The summed E-state index contributed by atoms with van der Waals surface area (Å²) in [6.45, 7) is 0. The molecular formula is C20H16. The zero-order chi connectivity index (χ0) is 13.4.